The number of carbonyl (C=O) groups is 1. The van der Waals surface area contributed by atoms with Gasteiger partial charge in [0.05, 0.1) is 13.7 Å². The highest BCUT2D eigenvalue weighted by Crippen LogP contribution is 2.19. The van der Waals surface area contributed by atoms with Crippen molar-refractivity contribution in [2.75, 3.05) is 18.2 Å². The van der Waals surface area contributed by atoms with Gasteiger partial charge < -0.3 is 19.9 Å². The van der Waals surface area contributed by atoms with Gasteiger partial charge in [-0.2, -0.15) is 0 Å². The molecule has 0 unspecified atom stereocenters. The van der Waals surface area contributed by atoms with Crippen LogP contribution >= 0.6 is 11.8 Å². The van der Waals surface area contributed by atoms with Crippen molar-refractivity contribution in [1.82, 2.24) is 20.1 Å². The third-order valence-corrected chi connectivity index (χ3v) is 5.51. The van der Waals surface area contributed by atoms with Gasteiger partial charge in [0.1, 0.15) is 5.75 Å². The van der Waals surface area contributed by atoms with E-state index in [4.69, 9.17) is 4.74 Å². The fraction of sp³-hybridized carbons (Fsp3) is 0.261. The molecule has 1 heterocycles. The molecule has 0 spiro atoms. The van der Waals surface area contributed by atoms with E-state index in [9.17, 15) is 4.79 Å². The topological polar surface area (TPSA) is 81.1 Å². The molecule has 0 fully saturated rings. The Morgan fingerprint density at radius 3 is 2.61 bits per heavy atom. The first-order valence-corrected chi connectivity index (χ1v) is 11.0. The summed E-state index contributed by atoms with van der Waals surface area (Å²) in [6, 6.07) is 17.6. The van der Waals surface area contributed by atoms with Crippen LogP contribution in [-0.2, 0) is 24.4 Å². The molecule has 0 saturated heterocycles. The molecule has 162 valence electrons. The van der Waals surface area contributed by atoms with Gasteiger partial charge in [-0.1, -0.05) is 48.2 Å². The summed E-state index contributed by atoms with van der Waals surface area (Å²) in [6.45, 7) is 5.51. The Morgan fingerprint density at radius 1 is 1.13 bits per heavy atom. The Bertz CT molecular complexity index is 973. The molecular weight excluding hydrogens is 410 g/mol. The second-order valence-corrected chi connectivity index (χ2v) is 7.80. The van der Waals surface area contributed by atoms with E-state index in [1.54, 1.807) is 7.11 Å². The lowest BCUT2D eigenvalue weighted by atomic mass is 10.2. The first kappa shape index (κ1) is 22.4. The standard InChI is InChI=1S/C23H27N5O2S/c1-3-14-28-21(17-24-19-7-5-4-6-8-19)26-27-23(28)31-15-13-22(29)25-16-18-9-11-20(30-2)12-10-18/h3-12,24H,1,13-17H2,2H3,(H,25,29). The minimum atomic E-state index is 0.00377. The number of amides is 1. The molecule has 7 nitrogen and oxygen atoms in total. The van der Waals surface area contributed by atoms with Gasteiger partial charge in [-0.15, -0.1) is 16.8 Å². The zero-order valence-corrected chi connectivity index (χ0v) is 18.4. The number of nitrogens with one attached hydrogen (secondary N) is 2. The zero-order chi connectivity index (χ0) is 21.9. The predicted octanol–water partition coefficient (Wildman–Crippen LogP) is 3.88. The van der Waals surface area contributed by atoms with Gasteiger partial charge in [0, 0.05) is 31.0 Å². The summed E-state index contributed by atoms with van der Waals surface area (Å²) in [5, 5.41) is 15.7. The second-order valence-electron chi connectivity index (χ2n) is 6.74. The van der Waals surface area contributed by atoms with Gasteiger partial charge in [-0.3, -0.25) is 4.79 Å². The van der Waals surface area contributed by atoms with Crippen molar-refractivity contribution in [2.45, 2.75) is 31.2 Å². The van der Waals surface area contributed by atoms with Crippen molar-refractivity contribution in [3.05, 3.63) is 78.6 Å². The Hall–Kier alpha value is -3.26. The van der Waals surface area contributed by atoms with E-state index in [-0.39, 0.29) is 5.91 Å². The highest BCUT2D eigenvalue weighted by atomic mass is 32.2. The maximum atomic E-state index is 12.2. The average molecular weight is 438 g/mol. The number of hydrogen-bond donors (Lipinski definition) is 2. The summed E-state index contributed by atoms with van der Waals surface area (Å²) in [7, 11) is 1.63. The number of thioether (sulfide) groups is 1. The summed E-state index contributed by atoms with van der Waals surface area (Å²) in [4.78, 5) is 12.2. The van der Waals surface area contributed by atoms with E-state index in [0.717, 1.165) is 28.0 Å². The van der Waals surface area contributed by atoms with Crippen LogP contribution < -0.4 is 15.4 Å². The molecule has 0 atom stereocenters. The highest BCUT2D eigenvalue weighted by molar-refractivity contribution is 7.99. The van der Waals surface area contributed by atoms with Gasteiger partial charge in [0.15, 0.2) is 11.0 Å². The highest BCUT2D eigenvalue weighted by Gasteiger charge is 2.12. The number of nitrogens with zero attached hydrogens (tertiary/aromatic N) is 3. The van der Waals surface area contributed by atoms with Crippen LogP contribution in [0.2, 0.25) is 0 Å². The van der Waals surface area contributed by atoms with E-state index in [1.807, 2.05) is 65.2 Å². The van der Waals surface area contributed by atoms with Crippen molar-refractivity contribution in [3.8, 4) is 5.75 Å². The van der Waals surface area contributed by atoms with Crippen LogP contribution in [0.15, 0.2) is 72.4 Å². The number of benzene rings is 2. The quantitative estimate of drug-likeness (QED) is 0.331. The minimum Gasteiger partial charge on any atom is -0.497 e. The molecule has 1 aromatic heterocycles. The Labute approximate surface area is 186 Å². The maximum Gasteiger partial charge on any atom is 0.221 e. The molecule has 0 bridgehead atoms. The number of para-hydroxylation sites is 1. The van der Waals surface area contributed by atoms with Crippen LogP contribution in [0.3, 0.4) is 0 Å². The van der Waals surface area contributed by atoms with Crippen molar-refractivity contribution >= 4 is 23.4 Å². The van der Waals surface area contributed by atoms with Crippen molar-refractivity contribution in [3.63, 3.8) is 0 Å². The first-order valence-electron chi connectivity index (χ1n) is 10.0. The van der Waals surface area contributed by atoms with Crippen LogP contribution in [-0.4, -0.2) is 33.5 Å². The van der Waals surface area contributed by atoms with E-state index in [2.05, 4.69) is 27.4 Å². The lowest BCUT2D eigenvalue weighted by Crippen LogP contribution is -2.23. The smallest absolute Gasteiger partial charge is 0.221 e. The Morgan fingerprint density at radius 2 is 1.90 bits per heavy atom. The molecule has 0 aliphatic heterocycles. The third-order valence-electron chi connectivity index (χ3n) is 4.54. The Balaban J connectivity index is 1.47. The molecule has 0 saturated carbocycles. The minimum absolute atomic E-state index is 0.00377. The van der Waals surface area contributed by atoms with Crippen molar-refractivity contribution in [2.24, 2.45) is 0 Å². The number of methoxy groups -OCH3 is 1. The molecule has 0 radical (unpaired) electrons. The molecule has 2 N–H and O–H groups in total. The molecule has 1 amide bonds. The molecule has 0 aliphatic rings. The van der Waals surface area contributed by atoms with Crippen LogP contribution in [0.5, 0.6) is 5.75 Å². The number of allylic oxidation sites excluding steroid dienone is 1. The summed E-state index contributed by atoms with van der Waals surface area (Å²) < 4.78 is 7.16. The summed E-state index contributed by atoms with van der Waals surface area (Å²) >= 11 is 1.52. The fourth-order valence-corrected chi connectivity index (χ4v) is 3.78. The number of anilines is 1. The van der Waals surface area contributed by atoms with Gasteiger partial charge >= 0.3 is 0 Å². The Kier molecular flexibility index (Phi) is 8.54. The molecule has 8 heteroatoms. The summed E-state index contributed by atoms with van der Waals surface area (Å²) in [5.74, 6) is 2.25. The van der Waals surface area contributed by atoms with Crippen molar-refractivity contribution < 1.29 is 9.53 Å². The van der Waals surface area contributed by atoms with E-state index in [0.29, 0.717) is 31.8 Å². The van der Waals surface area contributed by atoms with Crippen LogP contribution in [0.25, 0.3) is 0 Å². The fourth-order valence-electron chi connectivity index (χ4n) is 2.87. The largest absolute Gasteiger partial charge is 0.497 e. The molecule has 2 aromatic carbocycles. The molecule has 3 rings (SSSR count). The second kappa shape index (κ2) is 11.8. The lowest BCUT2D eigenvalue weighted by molar-refractivity contribution is -0.120. The van der Waals surface area contributed by atoms with Crippen molar-refractivity contribution in [1.29, 1.82) is 0 Å². The van der Waals surface area contributed by atoms with Crippen LogP contribution in [0.1, 0.15) is 17.8 Å². The summed E-state index contributed by atoms with van der Waals surface area (Å²) in [5.41, 5.74) is 2.06. The van der Waals surface area contributed by atoms with E-state index >= 15 is 0 Å². The molecular formula is C23H27N5O2S. The molecule has 0 aliphatic carbocycles. The third kappa shape index (κ3) is 6.89. The van der Waals surface area contributed by atoms with Crippen LogP contribution in [0.4, 0.5) is 5.69 Å². The molecule has 31 heavy (non-hydrogen) atoms. The lowest BCUT2D eigenvalue weighted by Gasteiger charge is -2.09. The van der Waals surface area contributed by atoms with Gasteiger partial charge in [-0.05, 0) is 29.8 Å². The predicted molar refractivity (Wildman–Crippen MR) is 124 cm³/mol. The molecule has 3 aromatic rings. The SMILES string of the molecule is C=CCn1c(CNc2ccccc2)nnc1SCCC(=O)NCc1ccc(OC)cc1. The van der Waals surface area contributed by atoms with E-state index in [1.165, 1.54) is 11.8 Å². The maximum absolute atomic E-state index is 12.2. The number of carbonyl (C=O) groups excluding carboxylic acids is 1. The van der Waals surface area contributed by atoms with E-state index < -0.39 is 0 Å². The zero-order valence-electron chi connectivity index (χ0n) is 17.6. The van der Waals surface area contributed by atoms with Gasteiger partial charge in [0.2, 0.25) is 5.91 Å². The monoisotopic (exact) mass is 437 g/mol. The number of aromatic nitrogens is 3. The summed E-state index contributed by atoms with van der Waals surface area (Å²) in [6.07, 6.45) is 2.22. The van der Waals surface area contributed by atoms with Crippen LogP contribution in [0, 0.1) is 0 Å². The average Bonchev–Trinajstić information content (AvgIpc) is 3.19. The van der Waals surface area contributed by atoms with Gasteiger partial charge in [-0.25, -0.2) is 0 Å². The number of hydrogen-bond acceptors (Lipinski definition) is 6. The number of ether oxygens (including phenoxy) is 1. The first-order chi connectivity index (χ1) is 15.2. The number of rotatable bonds is 12. The normalized spacial score (nSPS) is 10.5. The van der Waals surface area contributed by atoms with Gasteiger partial charge in [0.25, 0.3) is 0 Å².